The van der Waals surface area contributed by atoms with Gasteiger partial charge in [-0.15, -0.1) is 0 Å². The van der Waals surface area contributed by atoms with E-state index in [-0.39, 0.29) is 0 Å². The van der Waals surface area contributed by atoms with Crippen LogP contribution in [0.25, 0.3) is 22.3 Å². The maximum Gasteiger partial charge on any atom is 0.416 e. The number of benzene rings is 3. The van der Waals surface area contributed by atoms with Crippen LogP contribution in [0.15, 0.2) is 66.7 Å². The minimum atomic E-state index is -4.40. The number of hydrogen-bond acceptors (Lipinski definition) is 1. The van der Waals surface area contributed by atoms with Crippen LogP contribution < -0.4 is 5.73 Å². The zero-order valence-electron chi connectivity index (χ0n) is 17.3. The van der Waals surface area contributed by atoms with Gasteiger partial charge in [0, 0.05) is 0 Å². The molecule has 0 spiro atoms. The first-order valence-corrected chi connectivity index (χ1v) is 10.5. The average molecular weight is 412 g/mol. The first kappa shape index (κ1) is 22.1. The van der Waals surface area contributed by atoms with Gasteiger partial charge in [0.15, 0.2) is 0 Å². The fourth-order valence-electron chi connectivity index (χ4n) is 3.62. The first-order valence-electron chi connectivity index (χ1n) is 10.5. The van der Waals surface area contributed by atoms with Gasteiger partial charge in [-0.25, -0.2) is 0 Å². The lowest BCUT2D eigenvalue weighted by atomic mass is 9.93. The maximum atomic E-state index is 13.7. The Morgan fingerprint density at radius 3 is 1.70 bits per heavy atom. The van der Waals surface area contributed by atoms with Crippen molar-refractivity contribution < 1.29 is 13.2 Å². The highest BCUT2D eigenvalue weighted by molar-refractivity contribution is 5.75. The minimum Gasteiger partial charge on any atom is -0.330 e. The summed E-state index contributed by atoms with van der Waals surface area (Å²) >= 11 is 0. The number of aryl methyl sites for hydroxylation is 2. The van der Waals surface area contributed by atoms with Gasteiger partial charge < -0.3 is 5.73 Å². The second-order valence-electron chi connectivity index (χ2n) is 7.69. The molecule has 0 aliphatic rings. The second kappa shape index (κ2) is 9.94. The van der Waals surface area contributed by atoms with E-state index in [1.165, 1.54) is 12.1 Å². The highest BCUT2D eigenvalue weighted by Crippen LogP contribution is 2.36. The van der Waals surface area contributed by atoms with E-state index in [4.69, 9.17) is 5.73 Å². The van der Waals surface area contributed by atoms with Gasteiger partial charge in [-0.1, -0.05) is 61.9 Å². The van der Waals surface area contributed by atoms with Gasteiger partial charge in [-0.05, 0) is 83.8 Å². The van der Waals surface area contributed by atoms with Gasteiger partial charge in [0.1, 0.15) is 0 Å². The molecule has 0 unspecified atom stereocenters. The molecule has 0 radical (unpaired) electrons. The maximum absolute atomic E-state index is 13.7. The van der Waals surface area contributed by atoms with Gasteiger partial charge in [-0.2, -0.15) is 13.2 Å². The SMILES string of the molecule is CCCCc1cccc(-c2cc(-c3cccc(CCCN)c3)cc(C(F)(F)F)c2)c1. The molecule has 3 aromatic carbocycles. The van der Waals surface area contributed by atoms with Gasteiger partial charge in [0.05, 0.1) is 5.56 Å². The Bertz CT molecular complexity index is 906. The van der Waals surface area contributed by atoms with E-state index in [0.29, 0.717) is 17.7 Å². The Morgan fingerprint density at radius 2 is 1.23 bits per heavy atom. The van der Waals surface area contributed by atoms with E-state index in [2.05, 4.69) is 6.92 Å². The summed E-state index contributed by atoms with van der Waals surface area (Å²) in [6.07, 6.45) is 0.337. The molecule has 3 aromatic rings. The minimum absolute atomic E-state index is 0.577. The Morgan fingerprint density at radius 1 is 0.700 bits per heavy atom. The molecular formula is C26H28F3N. The van der Waals surface area contributed by atoms with Crippen LogP contribution in [-0.2, 0) is 19.0 Å². The lowest BCUT2D eigenvalue weighted by molar-refractivity contribution is -0.137. The lowest BCUT2D eigenvalue weighted by Crippen LogP contribution is -2.05. The number of hydrogen-bond donors (Lipinski definition) is 1. The van der Waals surface area contributed by atoms with Crippen molar-refractivity contribution in [2.75, 3.05) is 6.54 Å². The van der Waals surface area contributed by atoms with E-state index >= 15 is 0 Å². The van der Waals surface area contributed by atoms with Crippen molar-refractivity contribution in [1.82, 2.24) is 0 Å². The summed E-state index contributed by atoms with van der Waals surface area (Å²) in [5.74, 6) is 0. The van der Waals surface area contributed by atoms with Crippen LogP contribution in [-0.4, -0.2) is 6.54 Å². The highest BCUT2D eigenvalue weighted by Gasteiger charge is 2.31. The Labute approximate surface area is 176 Å². The molecule has 0 saturated heterocycles. The first-order chi connectivity index (χ1) is 14.4. The van der Waals surface area contributed by atoms with Gasteiger partial charge in [0.25, 0.3) is 0 Å². The smallest absolute Gasteiger partial charge is 0.330 e. The topological polar surface area (TPSA) is 26.0 Å². The number of halogens is 3. The van der Waals surface area contributed by atoms with Crippen molar-refractivity contribution in [2.24, 2.45) is 5.73 Å². The predicted octanol–water partition coefficient (Wildman–Crippen LogP) is 7.27. The average Bonchev–Trinajstić information content (AvgIpc) is 2.75. The summed E-state index contributed by atoms with van der Waals surface area (Å²) in [7, 11) is 0. The standard InChI is InChI=1S/C26H28F3N/c1-2-3-7-19-8-4-11-21(14-19)23-16-24(18-25(17-23)26(27,28)29)22-12-5-9-20(15-22)10-6-13-30/h4-5,8-9,11-12,14-18H,2-3,6-7,10,13,30H2,1H3. The molecule has 0 bridgehead atoms. The summed E-state index contributed by atoms with van der Waals surface area (Å²) < 4.78 is 41.0. The van der Waals surface area contributed by atoms with Crippen LogP contribution >= 0.6 is 0 Å². The third kappa shape index (κ3) is 5.73. The quantitative estimate of drug-likeness (QED) is 0.414. The Hall–Kier alpha value is -2.59. The van der Waals surface area contributed by atoms with Crippen LogP contribution in [0.3, 0.4) is 0 Å². The van der Waals surface area contributed by atoms with Crippen molar-refractivity contribution in [3.63, 3.8) is 0 Å². The molecule has 0 atom stereocenters. The summed E-state index contributed by atoms with van der Waals surface area (Å²) in [6.45, 7) is 2.72. The second-order valence-corrected chi connectivity index (χ2v) is 7.69. The molecule has 3 rings (SSSR count). The molecule has 0 amide bonds. The van der Waals surface area contributed by atoms with Crippen LogP contribution in [0, 0.1) is 0 Å². The fourth-order valence-corrected chi connectivity index (χ4v) is 3.62. The molecule has 0 heterocycles. The largest absolute Gasteiger partial charge is 0.416 e. The van der Waals surface area contributed by atoms with E-state index in [0.717, 1.165) is 54.4 Å². The molecule has 30 heavy (non-hydrogen) atoms. The van der Waals surface area contributed by atoms with Crippen LogP contribution in [0.2, 0.25) is 0 Å². The Balaban J connectivity index is 2.06. The number of rotatable bonds is 8. The third-order valence-corrected chi connectivity index (χ3v) is 5.27. The van der Waals surface area contributed by atoms with Gasteiger partial charge in [0.2, 0.25) is 0 Å². The fraction of sp³-hybridized carbons (Fsp3) is 0.308. The van der Waals surface area contributed by atoms with E-state index in [1.54, 1.807) is 0 Å². The van der Waals surface area contributed by atoms with E-state index in [9.17, 15) is 13.2 Å². The highest BCUT2D eigenvalue weighted by atomic mass is 19.4. The molecule has 0 aliphatic carbocycles. The zero-order chi connectivity index (χ0) is 21.6. The van der Waals surface area contributed by atoms with Crippen LogP contribution in [0.1, 0.15) is 42.9 Å². The van der Waals surface area contributed by atoms with Crippen molar-refractivity contribution >= 4 is 0 Å². The molecule has 2 N–H and O–H groups in total. The Kier molecular flexibility index (Phi) is 7.33. The summed E-state index contributed by atoms with van der Waals surface area (Å²) in [5.41, 5.74) is 9.97. The summed E-state index contributed by atoms with van der Waals surface area (Å²) in [4.78, 5) is 0. The van der Waals surface area contributed by atoms with Crippen LogP contribution in [0.5, 0.6) is 0 Å². The molecule has 0 aromatic heterocycles. The number of alkyl halides is 3. The number of nitrogens with two attached hydrogens (primary N) is 1. The van der Waals surface area contributed by atoms with Crippen molar-refractivity contribution in [2.45, 2.75) is 45.2 Å². The van der Waals surface area contributed by atoms with Crippen LogP contribution in [0.4, 0.5) is 13.2 Å². The van der Waals surface area contributed by atoms with E-state index < -0.39 is 11.7 Å². The zero-order valence-corrected chi connectivity index (χ0v) is 17.3. The molecule has 0 fully saturated rings. The molecular weight excluding hydrogens is 383 g/mol. The van der Waals surface area contributed by atoms with Crippen molar-refractivity contribution in [3.8, 4) is 22.3 Å². The predicted molar refractivity (Wildman–Crippen MR) is 118 cm³/mol. The molecule has 0 saturated carbocycles. The molecule has 158 valence electrons. The monoisotopic (exact) mass is 411 g/mol. The lowest BCUT2D eigenvalue weighted by Gasteiger charge is -2.14. The van der Waals surface area contributed by atoms with Crippen molar-refractivity contribution in [1.29, 1.82) is 0 Å². The normalized spacial score (nSPS) is 11.6. The van der Waals surface area contributed by atoms with Crippen molar-refractivity contribution in [3.05, 3.63) is 83.4 Å². The molecule has 1 nitrogen and oxygen atoms in total. The van der Waals surface area contributed by atoms with E-state index in [1.807, 2.05) is 54.6 Å². The summed E-state index contributed by atoms with van der Waals surface area (Å²) in [5, 5.41) is 0. The number of unbranched alkanes of at least 4 members (excludes halogenated alkanes) is 1. The third-order valence-electron chi connectivity index (χ3n) is 5.27. The molecule has 4 heteroatoms. The van der Waals surface area contributed by atoms with Gasteiger partial charge in [-0.3, -0.25) is 0 Å². The van der Waals surface area contributed by atoms with Gasteiger partial charge >= 0.3 is 6.18 Å². The molecule has 0 aliphatic heterocycles. The summed E-state index contributed by atoms with van der Waals surface area (Å²) in [6, 6.07) is 19.9.